The van der Waals surface area contributed by atoms with Crippen LogP contribution in [0.3, 0.4) is 0 Å². The zero-order valence-corrected chi connectivity index (χ0v) is 35.7. The normalized spacial score (nSPS) is 25.7. The van der Waals surface area contributed by atoms with Crippen molar-refractivity contribution in [3.8, 4) is 69.7 Å². The molecule has 0 radical (unpaired) electrons. The molecule has 0 saturated heterocycles. The largest absolute Gasteiger partial charge is 0.496 e. The van der Waals surface area contributed by atoms with Gasteiger partial charge in [0.15, 0.2) is 0 Å². The lowest BCUT2D eigenvalue weighted by Gasteiger charge is -2.60. The second-order valence-electron chi connectivity index (χ2n) is 17.1. The maximum atomic E-state index is 6.06. The Morgan fingerprint density at radius 2 is 0.897 bits per heavy atom. The van der Waals surface area contributed by atoms with Gasteiger partial charge in [-0.2, -0.15) is 0 Å². The number of ether oxygens (including phenoxy) is 8. The minimum absolute atomic E-state index is 0.151. The number of hydrogen-bond acceptors (Lipinski definition) is 8. The van der Waals surface area contributed by atoms with Crippen LogP contribution in [0.2, 0.25) is 0 Å². The Morgan fingerprint density at radius 1 is 0.517 bits per heavy atom. The SMILES string of the molecule is COc1cc(OC)c([C@H]2C[C@H]3C[C@@H](/C2=C\C#CCOc2cccc(OCC#C/C=C4/[C@@H](c5c(OC)cc(OC)cc5OC)C[C@H]5C[C@@H]4C5(C)C)c2)C3(C)C)c(OC)c1. The Balaban J connectivity index is 1.02. The average Bonchev–Trinajstić information content (AvgIpc) is 3.24. The smallest absolute Gasteiger partial charge is 0.149 e. The average molecular weight is 787 g/mol. The third-order valence-electron chi connectivity index (χ3n) is 13.9. The molecular formula is C50H58O8. The lowest BCUT2D eigenvalue weighted by atomic mass is 9.44. The van der Waals surface area contributed by atoms with Crippen molar-refractivity contribution in [3.63, 3.8) is 0 Å². The van der Waals surface area contributed by atoms with E-state index in [0.717, 1.165) is 47.0 Å². The molecule has 0 amide bonds. The number of hydrogen-bond donors (Lipinski definition) is 0. The van der Waals surface area contributed by atoms with Gasteiger partial charge >= 0.3 is 0 Å². The molecule has 3 aromatic carbocycles. The van der Waals surface area contributed by atoms with Crippen molar-refractivity contribution in [2.45, 2.75) is 65.2 Å². The Kier molecular flexibility index (Phi) is 11.9. The highest BCUT2D eigenvalue weighted by molar-refractivity contribution is 5.58. The zero-order chi connectivity index (χ0) is 41.2. The van der Waals surface area contributed by atoms with Gasteiger partial charge in [-0.3, -0.25) is 0 Å². The maximum Gasteiger partial charge on any atom is 0.149 e. The molecule has 8 heteroatoms. The van der Waals surface area contributed by atoms with Gasteiger partial charge in [-0.25, -0.2) is 0 Å². The van der Waals surface area contributed by atoms with Crippen LogP contribution < -0.4 is 37.9 Å². The van der Waals surface area contributed by atoms with E-state index >= 15 is 0 Å². The molecule has 6 fully saturated rings. The van der Waals surface area contributed by atoms with Crippen LogP contribution >= 0.6 is 0 Å². The van der Waals surface area contributed by atoms with E-state index in [1.54, 1.807) is 42.7 Å². The predicted molar refractivity (Wildman–Crippen MR) is 227 cm³/mol. The van der Waals surface area contributed by atoms with Gasteiger partial charge in [-0.1, -0.05) is 68.6 Å². The van der Waals surface area contributed by atoms with Crippen molar-refractivity contribution in [2.24, 2.45) is 34.5 Å². The van der Waals surface area contributed by atoms with Crippen molar-refractivity contribution < 1.29 is 37.9 Å². The molecule has 9 rings (SSSR count). The van der Waals surface area contributed by atoms with Crippen LogP contribution in [0, 0.1) is 58.2 Å². The summed E-state index contributed by atoms with van der Waals surface area (Å²) >= 11 is 0. The van der Waals surface area contributed by atoms with Crippen LogP contribution in [-0.2, 0) is 0 Å². The lowest BCUT2D eigenvalue weighted by molar-refractivity contribution is -0.0356. The molecule has 4 bridgehead atoms. The maximum absolute atomic E-state index is 6.06. The fraction of sp³-hybridized carbons (Fsp3) is 0.480. The highest BCUT2D eigenvalue weighted by atomic mass is 16.5. The summed E-state index contributed by atoms with van der Waals surface area (Å²) in [6.07, 6.45) is 8.61. The summed E-state index contributed by atoms with van der Waals surface area (Å²) < 4.78 is 46.7. The van der Waals surface area contributed by atoms with Crippen LogP contribution in [0.25, 0.3) is 0 Å². The summed E-state index contributed by atoms with van der Waals surface area (Å²) in [6.45, 7) is 10.0. The van der Waals surface area contributed by atoms with E-state index in [1.807, 2.05) is 48.5 Å². The van der Waals surface area contributed by atoms with E-state index in [0.29, 0.717) is 46.7 Å². The van der Waals surface area contributed by atoms with E-state index in [9.17, 15) is 0 Å². The fourth-order valence-electron chi connectivity index (χ4n) is 10.3. The van der Waals surface area contributed by atoms with Crippen molar-refractivity contribution in [1.29, 1.82) is 0 Å². The summed E-state index contributed by atoms with van der Waals surface area (Å²) in [5.41, 5.74) is 5.23. The second-order valence-corrected chi connectivity index (χ2v) is 17.1. The quantitative estimate of drug-likeness (QED) is 0.168. The summed E-state index contributed by atoms with van der Waals surface area (Å²) in [7, 11) is 10.1. The van der Waals surface area contributed by atoms with Gasteiger partial charge in [0, 0.05) is 53.3 Å². The third kappa shape index (κ3) is 7.55. The first-order chi connectivity index (χ1) is 28.0. The van der Waals surface area contributed by atoms with Crippen LogP contribution in [0.1, 0.15) is 76.3 Å². The van der Waals surface area contributed by atoms with Gasteiger partial charge in [-0.15, -0.1) is 0 Å². The first-order valence-electron chi connectivity index (χ1n) is 20.3. The van der Waals surface area contributed by atoms with Gasteiger partial charge in [0.1, 0.15) is 59.2 Å². The van der Waals surface area contributed by atoms with Crippen LogP contribution in [0.5, 0.6) is 46.0 Å². The molecule has 0 unspecified atom stereocenters. The van der Waals surface area contributed by atoms with Gasteiger partial charge in [0.05, 0.1) is 42.7 Å². The van der Waals surface area contributed by atoms with Crippen LogP contribution in [0.15, 0.2) is 71.8 Å². The second kappa shape index (κ2) is 16.9. The monoisotopic (exact) mass is 786 g/mol. The van der Waals surface area contributed by atoms with Crippen molar-refractivity contribution in [3.05, 3.63) is 83.0 Å². The summed E-state index contributed by atoms with van der Waals surface area (Å²) in [4.78, 5) is 0. The number of rotatable bonds is 12. The third-order valence-corrected chi connectivity index (χ3v) is 13.9. The number of benzene rings is 3. The van der Waals surface area contributed by atoms with Gasteiger partial charge in [0.2, 0.25) is 0 Å². The Labute approximate surface area is 345 Å². The Morgan fingerprint density at radius 3 is 1.22 bits per heavy atom. The van der Waals surface area contributed by atoms with Crippen molar-refractivity contribution in [1.82, 2.24) is 0 Å². The topological polar surface area (TPSA) is 73.8 Å². The Hall–Kier alpha value is -5.34. The van der Waals surface area contributed by atoms with Gasteiger partial charge < -0.3 is 37.9 Å². The number of allylic oxidation sites excluding steroid dienone is 4. The highest BCUT2D eigenvalue weighted by Gasteiger charge is 2.57. The van der Waals surface area contributed by atoms with E-state index in [2.05, 4.69) is 63.5 Å². The van der Waals surface area contributed by atoms with Crippen molar-refractivity contribution in [2.75, 3.05) is 55.9 Å². The summed E-state index contributed by atoms with van der Waals surface area (Å²) in [5, 5.41) is 0. The fourth-order valence-corrected chi connectivity index (χ4v) is 10.3. The summed E-state index contributed by atoms with van der Waals surface area (Å²) in [5.74, 6) is 21.5. The molecule has 0 N–H and O–H groups in total. The molecule has 6 aliphatic rings. The number of fused-ring (bicyclic) bond motifs is 4. The molecule has 0 aliphatic heterocycles. The molecule has 6 saturated carbocycles. The van der Waals surface area contributed by atoms with E-state index in [1.165, 1.54) is 24.0 Å². The molecule has 6 atom stereocenters. The minimum Gasteiger partial charge on any atom is -0.496 e. The van der Waals surface area contributed by atoms with Gasteiger partial charge in [-0.05, 0) is 84.5 Å². The van der Waals surface area contributed by atoms with E-state index < -0.39 is 0 Å². The first kappa shape index (κ1) is 40.8. The molecule has 0 spiro atoms. The lowest BCUT2D eigenvalue weighted by Crippen LogP contribution is -2.51. The molecule has 6 aliphatic carbocycles. The molecule has 306 valence electrons. The molecule has 58 heavy (non-hydrogen) atoms. The minimum atomic E-state index is 0.151. The number of methoxy groups -OCH3 is 6. The molecule has 3 aromatic rings. The first-order valence-corrected chi connectivity index (χ1v) is 20.3. The predicted octanol–water partition coefficient (Wildman–Crippen LogP) is 10.1. The molecule has 8 nitrogen and oxygen atoms in total. The summed E-state index contributed by atoms with van der Waals surface area (Å²) in [6, 6.07) is 15.4. The zero-order valence-electron chi connectivity index (χ0n) is 35.7. The standard InChI is InChI=1S/C50H58O8/c1-49(2)31-22-39(47-43(53-7)27-35(51-5)28-44(47)54-8)37(41(49)24-31)18-11-13-20-57-33-16-15-17-34(26-33)58-21-14-12-19-38-40(23-32-25-42(38)50(32,3)4)48-45(55-9)29-36(52-6)30-46(48)56-10/h15-19,26-32,39-42H,20-25H2,1-10H3/b37-18-,38-19-/t31-,32-,39-,40-,41-,42-/m0/s1. The molecule has 0 heterocycles. The van der Waals surface area contributed by atoms with E-state index in [4.69, 9.17) is 37.9 Å². The Bertz CT molecular complexity index is 1990. The van der Waals surface area contributed by atoms with Gasteiger partial charge in [0.25, 0.3) is 0 Å². The van der Waals surface area contributed by atoms with Crippen LogP contribution in [-0.4, -0.2) is 55.9 Å². The van der Waals surface area contributed by atoms with Crippen LogP contribution in [0.4, 0.5) is 0 Å². The highest BCUT2D eigenvalue weighted by Crippen LogP contribution is 2.67. The molecule has 0 aromatic heterocycles. The molecular weight excluding hydrogens is 729 g/mol. The van der Waals surface area contributed by atoms with E-state index in [-0.39, 0.29) is 35.9 Å². The van der Waals surface area contributed by atoms with Crippen molar-refractivity contribution >= 4 is 0 Å².